The lowest BCUT2D eigenvalue weighted by Crippen LogP contribution is -1.83. The molecular formula is C15H10N4O4. The number of nitro groups is 1. The fraction of sp³-hybridized carbons (Fsp3) is 0.0667. The van der Waals surface area contributed by atoms with Crippen LogP contribution >= 0.6 is 0 Å². The molecule has 0 aliphatic carbocycles. The molecule has 0 aliphatic heterocycles. The highest BCUT2D eigenvalue weighted by molar-refractivity contribution is 5.94. The monoisotopic (exact) mass is 310 g/mol. The van der Waals surface area contributed by atoms with Crippen molar-refractivity contribution in [2.75, 3.05) is 0 Å². The fourth-order valence-corrected chi connectivity index (χ4v) is 2.49. The van der Waals surface area contributed by atoms with Gasteiger partial charge in [-0.1, -0.05) is 23.4 Å². The summed E-state index contributed by atoms with van der Waals surface area (Å²) in [4.78, 5) is 14.3. The van der Waals surface area contributed by atoms with Crippen LogP contribution in [0.4, 0.5) is 5.88 Å². The van der Waals surface area contributed by atoms with Gasteiger partial charge in [-0.3, -0.25) is 10.1 Å². The Morgan fingerprint density at radius 3 is 2.83 bits per heavy atom. The van der Waals surface area contributed by atoms with E-state index in [2.05, 4.69) is 10.1 Å². The van der Waals surface area contributed by atoms with Crippen LogP contribution in [-0.4, -0.2) is 19.6 Å². The van der Waals surface area contributed by atoms with E-state index in [0.717, 1.165) is 16.5 Å². The molecule has 0 saturated carbocycles. The van der Waals surface area contributed by atoms with Gasteiger partial charge < -0.3 is 13.5 Å². The van der Waals surface area contributed by atoms with E-state index in [9.17, 15) is 10.1 Å². The molecule has 23 heavy (non-hydrogen) atoms. The van der Waals surface area contributed by atoms with Crippen LogP contribution in [0.25, 0.3) is 33.9 Å². The molecule has 0 aliphatic rings. The third kappa shape index (κ3) is 2.08. The molecule has 4 rings (SSSR count). The van der Waals surface area contributed by atoms with Crippen LogP contribution in [0.3, 0.4) is 0 Å². The number of hydrogen-bond donors (Lipinski definition) is 0. The summed E-state index contributed by atoms with van der Waals surface area (Å²) in [5.74, 6) is 0.320. The van der Waals surface area contributed by atoms with Gasteiger partial charge in [0, 0.05) is 24.1 Å². The molecule has 4 aromatic rings. The quantitative estimate of drug-likeness (QED) is 0.424. The zero-order chi connectivity index (χ0) is 16.0. The summed E-state index contributed by atoms with van der Waals surface area (Å²) in [6.07, 6.45) is 1.90. The molecule has 0 unspecified atom stereocenters. The Kier molecular flexibility index (Phi) is 2.77. The Hall–Kier alpha value is -3.42. The van der Waals surface area contributed by atoms with Crippen molar-refractivity contribution in [1.82, 2.24) is 14.7 Å². The van der Waals surface area contributed by atoms with Crippen molar-refractivity contribution in [3.8, 4) is 23.0 Å². The Balaban J connectivity index is 1.78. The van der Waals surface area contributed by atoms with Crippen LogP contribution < -0.4 is 0 Å². The predicted octanol–water partition coefficient (Wildman–Crippen LogP) is 3.40. The molecule has 8 nitrogen and oxygen atoms in total. The summed E-state index contributed by atoms with van der Waals surface area (Å²) < 4.78 is 12.3. The number of rotatable bonds is 3. The first-order chi connectivity index (χ1) is 11.1. The van der Waals surface area contributed by atoms with Crippen molar-refractivity contribution >= 4 is 16.8 Å². The highest BCUT2D eigenvalue weighted by Gasteiger charge is 2.20. The third-order valence-electron chi connectivity index (χ3n) is 3.55. The Labute approximate surface area is 129 Å². The summed E-state index contributed by atoms with van der Waals surface area (Å²) in [6.45, 7) is 0. The maximum absolute atomic E-state index is 10.7. The highest BCUT2D eigenvalue weighted by Crippen LogP contribution is 2.31. The number of aromatic nitrogens is 3. The van der Waals surface area contributed by atoms with Gasteiger partial charge in [-0.2, -0.15) is 4.98 Å². The first-order valence-corrected chi connectivity index (χ1v) is 6.76. The fourth-order valence-electron chi connectivity index (χ4n) is 2.49. The van der Waals surface area contributed by atoms with Crippen molar-refractivity contribution in [2.45, 2.75) is 0 Å². The number of aryl methyl sites for hydroxylation is 1. The van der Waals surface area contributed by atoms with E-state index in [-0.39, 0.29) is 17.5 Å². The van der Waals surface area contributed by atoms with Crippen molar-refractivity contribution < 1.29 is 13.9 Å². The molecule has 0 fully saturated rings. The average Bonchev–Trinajstić information content (AvgIpc) is 3.25. The molecule has 0 amide bonds. The zero-order valence-electron chi connectivity index (χ0n) is 12.0. The minimum absolute atomic E-state index is 0.168. The molecule has 3 heterocycles. The van der Waals surface area contributed by atoms with E-state index in [1.807, 2.05) is 42.1 Å². The lowest BCUT2D eigenvalue weighted by atomic mass is 10.2. The van der Waals surface area contributed by atoms with Crippen LogP contribution in [0.2, 0.25) is 0 Å². The van der Waals surface area contributed by atoms with Crippen LogP contribution in [0.5, 0.6) is 0 Å². The molecule has 0 radical (unpaired) electrons. The van der Waals surface area contributed by atoms with Gasteiger partial charge in [0.1, 0.15) is 4.92 Å². The molecule has 0 spiro atoms. The summed E-state index contributed by atoms with van der Waals surface area (Å²) in [7, 11) is 1.93. The topological polar surface area (TPSA) is 100 Å². The van der Waals surface area contributed by atoms with Crippen LogP contribution in [0.15, 0.2) is 51.5 Å². The zero-order valence-corrected chi connectivity index (χ0v) is 12.0. The van der Waals surface area contributed by atoms with Gasteiger partial charge in [-0.15, -0.1) is 0 Å². The van der Waals surface area contributed by atoms with E-state index in [1.54, 1.807) is 0 Å². The number of hydrogen-bond acceptors (Lipinski definition) is 6. The number of para-hydroxylation sites is 1. The number of fused-ring (bicyclic) bond motifs is 1. The third-order valence-corrected chi connectivity index (χ3v) is 3.55. The van der Waals surface area contributed by atoms with Crippen molar-refractivity contribution in [3.63, 3.8) is 0 Å². The Bertz CT molecular complexity index is 1030. The standard InChI is InChI=1S/C15H10N4O4/c1-18-8-10(9-4-2-3-5-11(9)18)15-16-14(17-23-15)12-6-7-13(22-12)19(20)21/h2-8H,1H3. The van der Waals surface area contributed by atoms with Gasteiger partial charge in [0.15, 0.2) is 5.76 Å². The second-order valence-corrected chi connectivity index (χ2v) is 4.99. The van der Waals surface area contributed by atoms with Crippen LogP contribution in [0, 0.1) is 10.1 Å². The van der Waals surface area contributed by atoms with Gasteiger partial charge in [0.05, 0.1) is 11.6 Å². The maximum atomic E-state index is 10.7. The molecular weight excluding hydrogens is 300 g/mol. The van der Waals surface area contributed by atoms with Crippen LogP contribution in [-0.2, 0) is 7.05 Å². The van der Waals surface area contributed by atoms with E-state index < -0.39 is 4.92 Å². The van der Waals surface area contributed by atoms with E-state index in [0.29, 0.717) is 5.89 Å². The smallest absolute Gasteiger partial charge is 0.397 e. The normalized spacial score (nSPS) is 11.2. The lowest BCUT2D eigenvalue weighted by molar-refractivity contribution is -0.401. The molecule has 8 heteroatoms. The molecule has 0 N–H and O–H groups in total. The molecule has 0 saturated heterocycles. The lowest BCUT2D eigenvalue weighted by Gasteiger charge is -1.93. The highest BCUT2D eigenvalue weighted by atomic mass is 16.6. The molecule has 0 atom stereocenters. The second kappa shape index (κ2) is 4.80. The van der Waals surface area contributed by atoms with Gasteiger partial charge in [-0.05, 0) is 12.1 Å². The summed E-state index contributed by atoms with van der Waals surface area (Å²) >= 11 is 0. The molecule has 1 aromatic carbocycles. The number of furan rings is 1. The average molecular weight is 310 g/mol. The Morgan fingerprint density at radius 1 is 1.22 bits per heavy atom. The van der Waals surface area contributed by atoms with Crippen molar-refractivity contribution in [1.29, 1.82) is 0 Å². The molecule has 114 valence electrons. The largest absolute Gasteiger partial charge is 0.433 e. The van der Waals surface area contributed by atoms with Crippen molar-refractivity contribution in [2.24, 2.45) is 7.05 Å². The van der Waals surface area contributed by atoms with Gasteiger partial charge >= 0.3 is 5.88 Å². The predicted molar refractivity (Wildman–Crippen MR) is 80.6 cm³/mol. The maximum Gasteiger partial charge on any atom is 0.433 e. The first-order valence-electron chi connectivity index (χ1n) is 6.76. The van der Waals surface area contributed by atoms with Gasteiger partial charge in [-0.25, -0.2) is 0 Å². The second-order valence-electron chi connectivity index (χ2n) is 4.99. The Morgan fingerprint density at radius 2 is 2.04 bits per heavy atom. The minimum atomic E-state index is -0.616. The molecule has 3 aromatic heterocycles. The minimum Gasteiger partial charge on any atom is -0.397 e. The summed E-state index contributed by atoms with van der Waals surface area (Å²) in [5.41, 5.74) is 1.83. The van der Waals surface area contributed by atoms with Gasteiger partial charge in [0.25, 0.3) is 5.89 Å². The summed E-state index contributed by atoms with van der Waals surface area (Å²) in [5, 5.41) is 15.5. The first kappa shape index (κ1) is 13.3. The SMILES string of the molecule is Cn1cc(-c2nc(-c3ccc([N+](=O)[O-])o3)no2)c2ccccc21. The van der Waals surface area contributed by atoms with E-state index in [4.69, 9.17) is 8.94 Å². The molecule has 0 bridgehead atoms. The summed E-state index contributed by atoms with van der Waals surface area (Å²) in [6, 6.07) is 10.5. The number of nitrogens with zero attached hydrogens (tertiary/aromatic N) is 4. The van der Waals surface area contributed by atoms with Crippen LogP contribution in [0.1, 0.15) is 0 Å². The van der Waals surface area contributed by atoms with E-state index >= 15 is 0 Å². The number of benzene rings is 1. The van der Waals surface area contributed by atoms with E-state index in [1.165, 1.54) is 12.1 Å². The van der Waals surface area contributed by atoms with Crippen molar-refractivity contribution in [3.05, 3.63) is 52.7 Å². The van der Waals surface area contributed by atoms with Gasteiger partial charge in [0.2, 0.25) is 5.82 Å².